The number of hydrogen-bond donors (Lipinski definition) is 1. The Morgan fingerprint density at radius 3 is 2.59 bits per heavy atom. The summed E-state index contributed by atoms with van der Waals surface area (Å²) in [5, 5.41) is 1.78. The number of methoxy groups -OCH3 is 1. The summed E-state index contributed by atoms with van der Waals surface area (Å²) in [6.45, 7) is -1.59. The first kappa shape index (κ1) is 26.1. The molecule has 1 amide bonds. The molecule has 1 aliphatic carbocycles. The molecule has 0 bridgehead atoms. The number of benzene rings is 2. The first-order valence-corrected chi connectivity index (χ1v) is 11.9. The molecule has 2 aromatic carbocycles. The summed E-state index contributed by atoms with van der Waals surface area (Å²) in [5.41, 5.74) is 0.960. The van der Waals surface area contributed by atoms with Gasteiger partial charge < -0.3 is 14.6 Å². The number of aromatic nitrogens is 2. The van der Waals surface area contributed by atoms with Crippen LogP contribution in [0.4, 0.5) is 17.6 Å². The first-order valence-electron chi connectivity index (χ1n) is 11.9. The van der Waals surface area contributed by atoms with Crippen LogP contribution in [0.3, 0.4) is 0 Å². The van der Waals surface area contributed by atoms with Crippen LogP contribution in [0.2, 0.25) is 0 Å². The van der Waals surface area contributed by atoms with Crippen molar-refractivity contribution < 1.29 is 31.9 Å². The van der Waals surface area contributed by atoms with E-state index in [1.165, 1.54) is 36.1 Å². The minimum Gasteiger partial charge on any atom is -0.469 e. The van der Waals surface area contributed by atoms with E-state index in [1.54, 1.807) is 41.7 Å². The lowest BCUT2D eigenvalue weighted by Gasteiger charge is -2.15. The van der Waals surface area contributed by atoms with Crippen molar-refractivity contribution in [2.24, 2.45) is 5.92 Å². The number of carbonyl (C=O) groups excluding carboxylic acids is 2. The van der Waals surface area contributed by atoms with Crippen LogP contribution in [0.5, 0.6) is 0 Å². The van der Waals surface area contributed by atoms with E-state index < -0.39 is 35.4 Å². The molecule has 0 saturated heterocycles. The highest BCUT2D eigenvalue weighted by Crippen LogP contribution is 2.49. The van der Waals surface area contributed by atoms with Crippen LogP contribution >= 0.6 is 0 Å². The molecule has 7 nitrogen and oxygen atoms in total. The van der Waals surface area contributed by atoms with E-state index in [9.17, 15) is 27.6 Å². The number of hydrogen-bond acceptors (Lipinski definition) is 5. The molecule has 0 aliphatic heterocycles. The number of carbonyl (C=O) groups is 2. The maximum atomic E-state index is 15.0. The largest absolute Gasteiger partial charge is 0.469 e. The van der Waals surface area contributed by atoms with Crippen LogP contribution in [0.15, 0.2) is 71.8 Å². The lowest BCUT2D eigenvalue weighted by Crippen LogP contribution is -2.36. The summed E-state index contributed by atoms with van der Waals surface area (Å²) in [6.07, 6.45) is -1.54. The fourth-order valence-corrected chi connectivity index (χ4v) is 4.59. The van der Waals surface area contributed by atoms with Crippen LogP contribution in [0, 0.1) is 11.7 Å². The molecule has 2 unspecified atom stereocenters. The van der Waals surface area contributed by atoms with Crippen molar-refractivity contribution in [1.82, 2.24) is 14.9 Å². The number of halogens is 4. The Morgan fingerprint density at radius 1 is 1.10 bits per heavy atom. The molecular weight excluding hydrogens is 518 g/mol. The molecule has 1 saturated carbocycles. The van der Waals surface area contributed by atoms with Crippen molar-refractivity contribution in [2.45, 2.75) is 18.5 Å². The van der Waals surface area contributed by atoms with Gasteiger partial charge in [0.1, 0.15) is 23.6 Å². The SMILES string of the molecule is COC(=O)C1CC1c1ccc(-c2cccc(-n3cc(C(=O)NCC(F)(F)F)c(=O)c4cccnc43)c2)cc1F. The smallest absolute Gasteiger partial charge is 0.405 e. The highest BCUT2D eigenvalue weighted by Gasteiger charge is 2.46. The number of ether oxygens (including phenoxy) is 1. The Labute approximate surface area is 219 Å². The normalized spacial score (nSPS) is 16.6. The van der Waals surface area contributed by atoms with Gasteiger partial charge in [0.05, 0.1) is 18.4 Å². The maximum absolute atomic E-state index is 15.0. The van der Waals surface area contributed by atoms with E-state index in [4.69, 9.17) is 4.74 Å². The predicted octanol–water partition coefficient (Wildman–Crippen LogP) is 4.76. The van der Waals surface area contributed by atoms with Crippen molar-refractivity contribution in [1.29, 1.82) is 0 Å². The molecular formula is C28H21F4N3O4. The zero-order valence-corrected chi connectivity index (χ0v) is 20.5. The zero-order valence-electron chi connectivity index (χ0n) is 20.5. The molecule has 1 N–H and O–H groups in total. The minimum atomic E-state index is -4.65. The fraction of sp³-hybridized carbons (Fsp3) is 0.214. The number of fused-ring (bicyclic) bond motifs is 1. The van der Waals surface area contributed by atoms with Crippen molar-refractivity contribution in [3.8, 4) is 16.8 Å². The highest BCUT2D eigenvalue weighted by molar-refractivity contribution is 5.97. The molecule has 11 heteroatoms. The first-order chi connectivity index (χ1) is 18.6. The van der Waals surface area contributed by atoms with E-state index in [0.29, 0.717) is 28.8 Å². The predicted molar refractivity (Wildman–Crippen MR) is 134 cm³/mol. The Bertz CT molecular complexity index is 1670. The van der Waals surface area contributed by atoms with Gasteiger partial charge in [-0.1, -0.05) is 24.3 Å². The molecule has 39 heavy (non-hydrogen) atoms. The number of nitrogens with zero attached hydrogens (tertiary/aromatic N) is 2. The van der Waals surface area contributed by atoms with E-state index in [0.717, 1.165) is 6.20 Å². The Morgan fingerprint density at radius 2 is 1.87 bits per heavy atom. The van der Waals surface area contributed by atoms with Gasteiger partial charge >= 0.3 is 12.1 Å². The zero-order chi connectivity index (χ0) is 27.9. The fourth-order valence-electron chi connectivity index (χ4n) is 4.59. The third kappa shape index (κ3) is 5.25. The molecule has 2 aromatic heterocycles. The molecule has 0 radical (unpaired) electrons. The second kappa shape index (κ2) is 9.97. The number of rotatable bonds is 6. The van der Waals surface area contributed by atoms with Gasteiger partial charge in [-0.25, -0.2) is 9.37 Å². The Hall–Kier alpha value is -4.54. The van der Waals surface area contributed by atoms with Crippen LogP contribution < -0.4 is 10.7 Å². The number of esters is 1. The van der Waals surface area contributed by atoms with Crippen molar-refractivity contribution in [3.63, 3.8) is 0 Å². The third-order valence-corrected chi connectivity index (χ3v) is 6.61. The van der Waals surface area contributed by atoms with Gasteiger partial charge in [-0.2, -0.15) is 13.2 Å². The quantitative estimate of drug-likeness (QED) is 0.282. The van der Waals surface area contributed by atoms with Gasteiger partial charge in [-0.05, 0) is 53.4 Å². The van der Waals surface area contributed by atoms with Crippen molar-refractivity contribution in [2.75, 3.05) is 13.7 Å². The summed E-state index contributed by atoms with van der Waals surface area (Å²) in [6, 6.07) is 14.4. The maximum Gasteiger partial charge on any atom is 0.405 e. The highest BCUT2D eigenvalue weighted by atomic mass is 19.4. The second-order valence-electron chi connectivity index (χ2n) is 9.17. The molecule has 2 atom stereocenters. The molecule has 2 heterocycles. The van der Waals surface area contributed by atoms with Gasteiger partial charge in [0.15, 0.2) is 0 Å². The van der Waals surface area contributed by atoms with E-state index >= 15 is 4.39 Å². The summed E-state index contributed by atoms with van der Waals surface area (Å²) >= 11 is 0. The van der Waals surface area contributed by atoms with E-state index in [-0.39, 0.29) is 28.8 Å². The Balaban J connectivity index is 1.52. The molecule has 200 valence electrons. The number of pyridine rings is 2. The van der Waals surface area contributed by atoms with Crippen molar-refractivity contribution in [3.05, 3.63) is 94.2 Å². The monoisotopic (exact) mass is 539 g/mol. The molecule has 1 aliphatic rings. The average molecular weight is 539 g/mol. The molecule has 1 fully saturated rings. The van der Waals surface area contributed by atoms with Crippen LogP contribution in [-0.4, -0.2) is 41.3 Å². The van der Waals surface area contributed by atoms with Gasteiger partial charge in [-0.15, -0.1) is 0 Å². The van der Waals surface area contributed by atoms with E-state index in [1.807, 2.05) is 0 Å². The molecule has 4 aromatic rings. The lowest BCUT2D eigenvalue weighted by atomic mass is 10.0. The van der Waals surface area contributed by atoms with Crippen molar-refractivity contribution >= 4 is 22.9 Å². The summed E-state index contributed by atoms with van der Waals surface area (Å²) in [7, 11) is 1.30. The molecule has 0 spiro atoms. The number of nitrogens with one attached hydrogen (secondary N) is 1. The summed E-state index contributed by atoms with van der Waals surface area (Å²) in [4.78, 5) is 41.4. The van der Waals surface area contributed by atoms with Gasteiger partial charge in [-0.3, -0.25) is 14.4 Å². The van der Waals surface area contributed by atoms with Crippen LogP contribution in [-0.2, 0) is 9.53 Å². The average Bonchev–Trinajstić information content (AvgIpc) is 3.72. The van der Waals surface area contributed by atoms with Crippen LogP contribution in [0.25, 0.3) is 27.8 Å². The van der Waals surface area contributed by atoms with Gasteiger partial charge in [0, 0.05) is 24.0 Å². The summed E-state index contributed by atoms with van der Waals surface area (Å²) in [5.74, 6) is -2.60. The third-order valence-electron chi connectivity index (χ3n) is 6.61. The number of amides is 1. The topological polar surface area (TPSA) is 90.3 Å². The van der Waals surface area contributed by atoms with Gasteiger partial charge in [0.2, 0.25) is 5.43 Å². The van der Waals surface area contributed by atoms with E-state index in [2.05, 4.69) is 4.98 Å². The van der Waals surface area contributed by atoms with Gasteiger partial charge in [0.25, 0.3) is 5.91 Å². The minimum absolute atomic E-state index is 0.0440. The Kier molecular flexibility index (Phi) is 6.67. The number of alkyl halides is 3. The standard InChI is InChI=1S/C28H21F4N3O4/c1-39-27(38)21-12-20(21)18-8-7-16(11-23(18)29)15-4-2-5-17(10-15)35-13-22(26(37)34-14-28(30,31)32)24(36)19-6-3-9-33-25(19)35/h2-11,13,20-21H,12,14H2,1H3,(H,34,37). The summed E-state index contributed by atoms with van der Waals surface area (Å²) < 4.78 is 59.1. The lowest BCUT2D eigenvalue weighted by molar-refractivity contribution is -0.142. The molecule has 5 rings (SSSR count). The van der Waals surface area contributed by atoms with Crippen LogP contribution in [0.1, 0.15) is 28.3 Å². The second-order valence-corrected chi connectivity index (χ2v) is 9.17.